The number of rotatable bonds is 4. The van der Waals surface area contributed by atoms with E-state index in [1.807, 2.05) is 16.8 Å². The van der Waals surface area contributed by atoms with Crippen LogP contribution >= 0.6 is 0 Å². The first-order valence-corrected chi connectivity index (χ1v) is 10.6. The zero-order chi connectivity index (χ0) is 21.8. The molecule has 10 nitrogen and oxygen atoms in total. The highest BCUT2D eigenvalue weighted by Gasteiger charge is 2.33. The molecule has 0 unspecified atom stereocenters. The van der Waals surface area contributed by atoms with E-state index < -0.39 is 5.60 Å². The van der Waals surface area contributed by atoms with Crippen molar-refractivity contribution in [2.75, 3.05) is 36.1 Å². The molecular formula is C21H27N7O3. The number of hydrogen-bond acceptors (Lipinski definition) is 7. The van der Waals surface area contributed by atoms with Gasteiger partial charge in [0.15, 0.2) is 0 Å². The van der Waals surface area contributed by atoms with E-state index in [1.54, 1.807) is 24.9 Å². The molecule has 2 aliphatic rings. The molecule has 0 spiro atoms. The van der Waals surface area contributed by atoms with Gasteiger partial charge >= 0.3 is 0 Å². The average molecular weight is 425 g/mol. The molecule has 2 N–H and O–H groups in total. The molecule has 0 saturated carbocycles. The van der Waals surface area contributed by atoms with Crippen molar-refractivity contribution in [3.8, 4) is 11.4 Å². The van der Waals surface area contributed by atoms with Gasteiger partial charge in [0.05, 0.1) is 43.6 Å². The van der Waals surface area contributed by atoms with E-state index in [1.165, 1.54) is 0 Å². The lowest BCUT2D eigenvalue weighted by atomic mass is 10.1. The summed E-state index contributed by atoms with van der Waals surface area (Å²) in [6, 6.07) is 3.97. The Labute approximate surface area is 179 Å². The van der Waals surface area contributed by atoms with Gasteiger partial charge in [0, 0.05) is 25.2 Å². The average Bonchev–Trinajstić information content (AvgIpc) is 3.34. The van der Waals surface area contributed by atoms with E-state index in [2.05, 4.69) is 22.0 Å². The third-order valence-electron chi connectivity index (χ3n) is 5.74. The SMILES string of the molecule is C[C@@H]1COCCN1c1cc2c3c(n1)c(-c1cc[nH]n1)nn3CCC(=O)N2CC(C)(C)O. The number of amides is 1. The Bertz CT molecular complexity index is 1120. The Morgan fingerprint density at radius 2 is 2.19 bits per heavy atom. The summed E-state index contributed by atoms with van der Waals surface area (Å²) >= 11 is 0. The first-order valence-electron chi connectivity index (χ1n) is 10.6. The highest BCUT2D eigenvalue weighted by Crippen LogP contribution is 2.38. The van der Waals surface area contributed by atoms with Crippen LogP contribution in [0.15, 0.2) is 18.3 Å². The predicted octanol–water partition coefficient (Wildman–Crippen LogP) is 1.55. The minimum Gasteiger partial charge on any atom is -0.389 e. The summed E-state index contributed by atoms with van der Waals surface area (Å²) in [6.45, 7) is 8.10. The molecule has 0 bridgehead atoms. The van der Waals surface area contributed by atoms with Crippen molar-refractivity contribution in [2.45, 2.75) is 45.4 Å². The Kier molecular flexibility index (Phi) is 4.71. The van der Waals surface area contributed by atoms with Gasteiger partial charge < -0.3 is 19.6 Å². The zero-order valence-electron chi connectivity index (χ0n) is 18.0. The highest BCUT2D eigenvalue weighted by molar-refractivity contribution is 6.06. The first kappa shape index (κ1) is 20.0. The number of H-pyrrole nitrogens is 1. The van der Waals surface area contributed by atoms with E-state index in [0.29, 0.717) is 49.6 Å². The lowest BCUT2D eigenvalue weighted by molar-refractivity contribution is -0.119. The molecule has 1 fully saturated rings. The van der Waals surface area contributed by atoms with Crippen molar-refractivity contribution in [3.63, 3.8) is 0 Å². The van der Waals surface area contributed by atoms with Gasteiger partial charge in [-0.25, -0.2) is 4.98 Å². The quantitative estimate of drug-likeness (QED) is 0.652. The number of nitrogens with zero attached hydrogens (tertiary/aromatic N) is 6. The molecule has 0 aromatic carbocycles. The van der Waals surface area contributed by atoms with Crippen molar-refractivity contribution in [1.82, 2.24) is 25.0 Å². The number of aromatic nitrogens is 5. The van der Waals surface area contributed by atoms with Gasteiger partial charge in [-0.15, -0.1) is 0 Å². The number of hydrogen-bond donors (Lipinski definition) is 2. The summed E-state index contributed by atoms with van der Waals surface area (Å²) in [4.78, 5) is 21.9. The number of nitrogens with one attached hydrogen (secondary N) is 1. The molecule has 0 aliphatic carbocycles. The molecule has 3 aromatic heterocycles. The van der Waals surface area contributed by atoms with Crippen molar-refractivity contribution in [1.29, 1.82) is 0 Å². The van der Waals surface area contributed by atoms with Crippen LogP contribution in [0.2, 0.25) is 0 Å². The van der Waals surface area contributed by atoms with Crippen LogP contribution in [-0.4, -0.2) is 73.9 Å². The van der Waals surface area contributed by atoms with Gasteiger partial charge in [-0.2, -0.15) is 10.2 Å². The number of anilines is 2. The van der Waals surface area contributed by atoms with E-state index in [0.717, 1.165) is 17.0 Å². The molecule has 1 atom stereocenters. The largest absolute Gasteiger partial charge is 0.389 e. The van der Waals surface area contributed by atoms with Gasteiger partial charge in [0.25, 0.3) is 0 Å². The Morgan fingerprint density at radius 3 is 2.90 bits per heavy atom. The van der Waals surface area contributed by atoms with Crippen molar-refractivity contribution < 1.29 is 14.6 Å². The fourth-order valence-electron chi connectivity index (χ4n) is 4.33. The molecule has 5 rings (SSSR count). The van der Waals surface area contributed by atoms with Crippen LogP contribution in [0.25, 0.3) is 22.4 Å². The number of ether oxygens (including phenoxy) is 1. The summed E-state index contributed by atoms with van der Waals surface area (Å²) < 4.78 is 7.45. The summed E-state index contributed by atoms with van der Waals surface area (Å²) in [6.07, 6.45) is 2.05. The third-order valence-corrected chi connectivity index (χ3v) is 5.74. The molecule has 3 aromatic rings. The molecule has 2 aliphatic heterocycles. The van der Waals surface area contributed by atoms with Crippen LogP contribution < -0.4 is 9.80 Å². The number of carbonyl (C=O) groups excluding carboxylic acids is 1. The fourth-order valence-corrected chi connectivity index (χ4v) is 4.33. The summed E-state index contributed by atoms with van der Waals surface area (Å²) in [7, 11) is 0. The van der Waals surface area contributed by atoms with Gasteiger partial charge in [-0.1, -0.05) is 0 Å². The normalized spacial score (nSPS) is 19.9. The van der Waals surface area contributed by atoms with E-state index in [-0.39, 0.29) is 18.5 Å². The van der Waals surface area contributed by atoms with E-state index >= 15 is 0 Å². The maximum atomic E-state index is 13.1. The standard InChI is InChI=1S/C21H27N7O3/c1-13-11-31-9-8-26(13)16-10-15-20-19(23-16)18(14-4-6-22-24-14)25-28(20)7-5-17(29)27(15)12-21(2,3)30/h4,6,10,13,30H,5,7-9,11-12H2,1-3H3,(H,22,24)/t13-/m1/s1. The maximum Gasteiger partial charge on any atom is 0.229 e. The van der Waals surface area contributed by atoms with Crippen LogP contribution in [0.4, 0.5) is 11.5 Å². The second kappa shape index (κ2) is 7.31. The minimum absolute atomic E-state index is 0.0394. The minimum atomic E-state index is -1.04. The van der Waals surface area contributed by atoms with Gasteiger partial charge in [0.2, 0.25) is 5.91 Å². The maximum absolute atomic E-state index is 13.1. The van der Waals surface area contributed by atoms with Crippen molar-refractivity contribution >= 4 is 28.4 Å². The van der Waals surface area contributed by atoms with E-state index in [4.69, 9.17) is 14.8 Å². The molecule has 164 valence electrons. The van der Waals surface area contributed by atoms with Crippen LogP contribution in [-0.2, 0) is 16.1 Å². The number of morpholine rings is 1. The lowest BCUT2D eigenvalue weighted by Gasteiger charge is -2.35. The van der Waals surface area contributed by atoms with Crippen LogP contribution in [0.1, 0.15) is 27.2 Å². The van der Waals surface area contributed by atoms with Gasteiger partial charge in [0.1, 0.15) is 28.2 Å². The number of aliphatic hydroxyl groups is 1. The second-order valence-corrected chi connectivity index (χ2v) is 8.89. The number of aromatic amines is 1. The Morgan fingerprint density at radius 1 is 1.35 bits per heavy atom. The summed E-state index contributed by atoms with van der Waals surface area (Å²) in [5.41, 5.74) is 2.55. The number of carbonyl (C=O) groups is 1. The predicted molar refractivity (Wildman–Crippen MR) is 116 cm³/mol. The summed E-state index contributed by atoms with van der Waals surface area (Å²) in [5.74, 6) is 0.729. The van der Waals surface area contributed by atoms with Crippen molar-refractivity contribution in [3.05, 3.63) is 18.3 Å². The van der Waals surface area contributed by atoms with Crippen LogP contribution in [0.3, 0.4) is 0 Å². The second-order valence-electron chi connectivity index (χ2n) is 8.89. The Balaban J connectivity index is 1.76. The summed E-state index contributed by atoms with van der Waals surface area (Å²) in [5, 5.41) is 22.5. The monoisotopic (exact) mass is 425 g/mol. The van der Waals surface area contributed by atoms with Crippen molar-refractivity contribution in [2.24, 2.45) is 0 Å². The first-order chi connectivity index (χ1) is 14.8. The smallest absolute Gasteiger partial charge is 0.229 e. The van der Waals surface area contributed by atoms with Crippen LogP contribution in [0, 0.1) is 0 Å². The Hall–Kier alpha value is -2.98. The van der Waals surface area contributed by atoms with Crippen LogP contribution in [0.5, 0.6) is 0 Å². The molecule has 1 saturated heterocycles. The highest BCUT2D eigenvalue weighted by atomic mass is 16.5. The lowest BCUT2D eigenvalue weighted by Crippen LogP contribution is -2.44. The molecule has 10 heteroatoms. The third kappa shape index (κ3) is 3.55. The molecule has 31 heavy (non-hydrogen) atoms. The molecule has 0 radical (unpaired) electrons. The number of aryl methyl sites for hydroxylation is 1. The van der Waals surface area contributed by atoms with E-state index in [9.17, 15) is 9.90 Å². The molecular weight excluding hydrogens is 398 g/mol. The van der Waals surface area contributed by atoms with Gasteiger partial charge in [-0.05, 0) is 26.8 Å². The van der Waals surface area contributed by atoms with Gasteiger partial charge in [-0.3, -0.25) is 14.6 Å². The fraction of sp³-hybridized carbons (Fsp3) is 0.524. The topological polar surface area (TPSA) is 112 Å². The molecule has 5 heterocycles. The number of β-amino-alcohol motifs (C(OH)–C–C–N with tert-alkyl or cyclic N) is 1. The zero-order valence-corrected chi connectivity index (χ0v) is 18.0. The molecule has 1 amide bonds. The number of pyridine rings is 1.